The van der Waals surface area contributed by atoms with E-state index >= 15 is 0 Å². The predicted octanol–water partition coefficient (Wildman–Crippen LogP) is 4.87. The molecule has 84 valence electrons. The van der Waals surface area contributed by atoms with Crippen LogP contribution in [-0.4, -0.2) is 5.75 Å². The highest BCUT2D eigenvalue weighted by Gasteiger charge is 1.96. The van der Waals surface area contributed by atoms with E-state index in [1.807, 2.05) is 11.8 Å². The Bertz CT molecular complexity index is 448. The predicted molar refractivity (Wildman–Crippen MR) is 75.0 cm³/mol. The van der Waals surface area contributed by atoms with Crippen molar-refractivity contribution in [2.75, 3.05) is 5.75 Å². The number of thioether (sulfide) groups is 1. The molecule has 0 fully saturated rings. The molecule has 0 N–H and O–H groups in total. The van der Waals surface area contributed by atoms with Crippen LogP contribution in [0.15, 0.2) is 42.5 Å². The van der Waals surface area contributed by atoms with E-state index in [1.165, 1.54) is 34.9 Å². The lowest BCUT2D eigenvalue weighted by atomic mass is 10.1. The average Bonchev–Trinajstić information content (AvgIpc) is 2.34. The third-order valence-corrected chi connectivity index (χ3v) is 3.84. The zero-order valence-electron chi connectivity index (χ0n) is 9.78. The summed E-state index contributed by atoms with van der Waals surface area (Å²) in [7, 11) is 0. The van der Waals surface area contributed by atoms with Crippen LogP contribution in [0, 0.1) is 0 Å². The van der Waals surface area contributed by atoms with Crippen molar-refractivity contribution < 1.29 is 0 Å². The molecule has 2 aromatic carbocycles. The molecule has 0 saturated heterocycles. The van der Waals surface area contributed by atoms with Gasteiger partial charge in [-0.1, -0.05) is 55.8 Å². The van der Waals surface area contributed by atoms with Gasteiger partial charge in [0.25, 0.3) is 0 Å². The van der Waals surface area contributed by atoms with E-state index in [4.69, 9.17) is 0 Å². The van der Waals surface area contributed by atoms with Gasteiger partial charge in [-0.2, -0.15) is 11.8 Å². The molecule has 0 aromatic heterocycles. The molecule has 0 radical (unpaired) electrons. The Hall–Kier alpha value is -0.950. The molecule has 0 atom stereocenters. The highest BCUT2D eigenvalue weighted by molar-refractivity contribution is 7.98. The van der Waals surface area contributed by atoms with Gasteiger partial charge in [-0.15, -0.1) is 0 Å². The summed E-state index contributed by atoms with van der Waals surface area (Å²) in [6, 6.07) is 15.4. The Morgan fingerprint density at radius 3 is 2.62 bits per heavy atom. The molecule has 0 unspecified atom stereocenters. The minimum atomic E-state index is 1.14. The summed E-state index contributed by atoms with van der Waals surface area (Å²) in [6.07, 6.45) is 2.63. The summed E-state index contributed by atoms with van der Waals surface area (Å²) in [6.45, 7) is 2.25. The number of fused-ring (bicyclic) bond motifs is 1. The first kappa shape index (κ1) is 11.5. The van der Waals surface area contributed by atoms with Gasteiger partial charge in [-0.3, -0.25) is 0 Å². The highest BCUT2D eigenvalue weighted by Crippen LogP contribution is 2.19. The van der Waals surface area contributed by atoms with Crippen molar-refractivity contribution in [1.82, 2.24) is 0 Å². The van der Waals surface area contributed by atoms with Crippen molar-refractivity contribution in [1.29, 1.82) is 0 Å². The van der Waals surface area contributed by atoms with Gasteiger partial charge in [0.15, 0.2) is 0 Å². The van der Waals surface area contributed by atoms with Crippen LogP contribution in [0.5, 0.6) is 0 Å². The van der Waals surface area contributed by atoms with Crippen LogP contribution in [0.2, 0.25) is 0 Å². The number of hydrogen-bond donors (Lipinski definition) is 0. The van der Waals surface area contributed by atoms with E-state index in [2.05, 4.69) is 49.4 Å². The fraction of sp³-hybridized carbons (Fsp3) is 0.333. The molecule has 0 amide bonds. The minimum Gasteiger partial charge on any atom is -0.157 e. The van der Waals surface area contributed by atoms with Crippen LogP contribution in [-0.2, 0) is 5.75 Å². The summed E-state index contributed by atoms with van der Waals surface area (Å²) in [5.41, 5.74) is 1.44. The zero-order valence-corrected chi connectivity index (χ0v) is 10.6. The Balaban J connectivity index is 2.02. The number of unbranched alkanes of at least 4 members (excludes halogenated alkanes) is 1. The summed E-state index contributed by atoms with van der Waals surface area (Å²) in [5.74, 6) is 2.42. The van der Waals surface area contributed by atoms with Crippen molar-refractivity contribution in [3.05, 3.63) is 48.0 Å². The fourth-order valence-corrected chi connectivity index (χ4v) is 2.82. The third kappa shape index (κ3) is 3.02. The van der Waals surface area contributed by atoms with Gasteiger partial charge in [0, 0.05) is 5.75 Å². The van der Waals surface area contributed by atoms with Crippen molar-refractivity contribution in [3.8, 4) is 0 Å². The van der Waals surface area contributed by atoms with Crippen molar-refractivity contribution in [2.45, 2.75) is 25.5 Å². The van der Waals surface area contributed by atoms with E-state index < -0.39 is 0 Å². The van der Waals surface area contributed by atoms with E-state index in [1.54, 1.807) is 0 Å². The maximum Gasteiger partial charge on any atom is 0.0184 e. The number of benzene rings is 2. The normalized spacial score (nSPS) is 10.8. The molecule has 1 heteroatoms. The summed E-state index contributed by atoms with van der Waals surface area (Å²) in [4.78, 5) is 0. The van der Waals surface area contributed by atoms with Crippen LogP contribution < -0.4 is 0 Å². The average molecular weight is 230 g/mol. The van der Waals surface area contributed by atoms with Gasteiger partial charge in [-0.25, -0.2) is 0 Å². The highest BCUT2D eigenvalue weighted by atomic mass is 32.2. The van der Waals surface area contributed by atoms with E-state index in [0.717, 1.165) is 5.75 Å². The molecule has 0 saturated carbocycles. The fourth-order valence-electron chi connectivity index (χ4n) is 1.76. The van der Waals surface area contributed by atoms with Gasteiger partial charge < -0.3 is 0 Å². The second-order valence-electron chi connectivity index (χ2n) is 4.09. The molecular formula is C15H18S. The Morgan fingerprint density at radius 2 is 1.81 bits per heavy atom. The monoisotopic (exact) mass is 230 g/mol. The zero-order chi connectivity index (χ0) is 11.2. The Labute approximate surface area is 102 Å². The van der Waals surface area contributed by atoms with E-state index in [9.17, 15) is 0 Å². The maximum atomic E-state index is 2.31. The van der Waals surface area contributed by atoms with Crippen LogP contribution >= 0.6 is 11.8 Å². The lowest BCUT2D eigenvalue weighted by molar-refractivity contribution is 0.896. The molecule has 0 nitrogen and oxygen atoms in total. The van der Waals surface area contributed by atoms with Crippen LogP contribution in [0.4, 0.5) is 0 Å². The minimum absolute atomic E-state index is 1.14. The first-order valence-corrected chi connectivity index (χ1v) is 7.11. The Kier molecular flexibility index (Phi) is 4.29. The maximum absolute atomic E-state index is 2.31. The van der Waals surface area contributed by atoms with Gasteiger partial charge in [-0.05, 0) is 28.5 Å². The quantitative estimate of drug-likeness (QED) is 0.660. The van der Waals surface area contributed by atoms with Crippen LogP contribution in [0.1, 0.15) is 25.3 Å². The van der Waals surface area contributed by atoms with Crippen molar-refractivity contribution in [3.63, 3.8) is 0 Å². The molecule has 2 aromatic rings. The van der Waals surface area contributed by atoms with Gasteiger partial charge in [0.2, 0.25) is 0 Å². The molecule has 0 spiro atoms. The lowest BCUT2D eigenvalue weighted by Crippen LogP contribution is -1.83. The first-order chi connectivity index (χ1) is 7.90. The second kappa shape index (κ2) is 5.95. The molecule has 2 rings (SSSR count). The number of hydrogen-bond acceptors (Lipinski definition) is 1. The van der Waals surface area contributed by atoms with E-state index in [0.29, 0.717) is 0 Å². The topological polar surface area (TPSA) is 0 Å². The molecule has 16 heavy (non-hydrogen) atoms. The second-order valence-corrected chi connectivity index (χ2v) is 5.19. The first-order valence-electron chi connectivity index (χ1n) is 5.95. The molecule has 0 aliphatic rings. The summed E-state index contributed by atoms with van der Waals surface area (Å²) in [5, 5.41) is 2.70. The summed E-state index contributed by atoms with van der Waals surface area (Å²) >= 11 is 2.04. The number of rotatable bonds is 5. The van der Waals surface area contributed by atoms with Crippen LogP contribution in [0.25, 0.3) is 10.8 Å². The van der Waals surface area contributed by atoms with Crippen molar-refractivity contribution in [2.24, 2.45) is 0 Å². The summed E-state index contributed by atoms with van der Waals surface area (Å²) < 4.78 is 0. The SMILES string of the molecule is CCCCSCc1ccc2ccccc2c1. The molecular weight excluding hydrogens is 212 g/mol. The molecule has 0 bridgehead atoms. The smallest absolute Gasteiger partial charge is 0.0184 e. The van der Waals surface area contributed by atoms with Gasteiger partial charge >= 0.3 is 0 Å². The third-order valence-electron chi connectivity index (χ3n) is 2.72. The molecule has 0 aliphatic heterocycles. The lowest BCUT2D eigenvalue weighted by Gasteiger charge is -2.03. The van der Waals surface area contributed by atoms with E-state index in [-0.39, 0.29) is 0 Å². The van der Waals surface area contributed by atoms with Gasteiger partial charge in [0.1, 0.15) is 0 Å². The largest absolute Gasteiger partial charge is 0.157 e. The van der Waals surface area contributed by atoms with Crippen molar-refractivity contribution >= 4 is 22.5 Å². The molecule has 0 heterocycles. The van der Waals surface area contributed by atoms with Crippen LogP contribution in [0.3, 0.4) is 0 Å². The molecule has 0 aliphatic carbocycles. The standard InChI is InChI=1S/C15H18S/c1-2-3-10-16-12-13-8-9-14-6-4-5-7-15(14)11-13/h4-9,11H,2-3,10,12H2,1H3. The Morgan fingerprint density at radius 1 is 1.00 bits per heavy atom. The van der Waals surface area contributed by atoms with Gasteiger partial charge in [0.05, 0.1) is 0 Å².